The number of aromatic nitrogens is 1. The van der Waals surface area contributed by atoms with Crippen LogP contribution in [-0.2, 0) is 13.1 Å². The first-order valence-electron chi connectivity index (χ1n) is 5.80. The Balaban J connectivity index is 1.97. The molecule has 2 N–H and O–H groups in total. The van der Waals surface area contributed by atoms with Crippen LogP contribution in [0, 0.1) is 0 Å². The van der Waals surface area contributed by atoms with Crippen LogP contribution in [0.4, 0.5) is 0 Å². The van der Waals surface area contributed by atoms with E-state index in [-0.39, 0.29) is 12.6 Å². The molecular weight excluding hydrogens is 232 g/mol. The lowest BCUT2D eigenvalue weighted by Gasteiger charge is -2.12. The fourth-order valence-electron chi connectivity index (χ4n) is 1.68. The molecule has 4 heteroatoms. The van der Waals surface area contributed by atoms with Crippen molar-refractivity contribution in [1.82, 2.24) is 9.88 Å². The zero-order chi connectivity index (χ0) is 12.1. The second kappa shape index (κ2) is 6.00. The minimum atomic E-state index is 0.139. The van der Waals surface area contributed by atoms with Gasteiger partial charge in [-0.25, -0.2) is 0 Å². The van der Waals surface area contributed by atoms with Crippen molar-refractivity contribution in [3.05, 3.63) is 46.4 Å². The van der Waals surface area contributed by atoms with Crippen molar-refractivity contribution in [3.8, 4) is 0 Å². The Kier molecular flexibility index (Phi) is 4.36. The Bertz CT molecular complexity index is 436. The van der Waals surface area contributed by atoms with Crippen LogP contribution in [0.3, 0.4) is 0 Å². The van der Waals surface area contributed by atoms with Gasteiger partial charge in [0.2, 0.25) is 0 Å². The van der Waals surface area contributed by atoms with Gasteiger partial charge in [-0.3, -0.25) is 0 Å². The maximum atomic E-state index is 8.97. The number of aliphatic hydroxyl groups is 1. The van der Waals surface area contributed by atoms with Crippen LogP contribution in [0.15, 0.2) is 35.8 Å². The van der Waals surface area contributed by atoms with Crippen molar-refractivity contribution in [3.63, 3.8) is 0 Å². The largest absolute Gasteiger partial charge is 0.395 e. The van der Waals surface area contributed by atoms with E-state index in [2.05, 4.69) is 45.7 Å². The van der Waals surface area contributed by atoms with Gasteiger partial charge in [-0.05, 0) is 30.5 Å². The summed E-state index contributed by atoms with van der Waals surface area (Å²) in [6, 6.07) is 8.55. The summed E-state index contributed by atoms with van der Waals surface area (Å²) in [5.74, 6) is 0. The Morgan fingerprint density at radius 2 is 2.29 bits per heavy atom. The van der Waals surface area contributed by atoms with E-state index in [0.717, 1.165) is 13.1 Å². The standard InChI is InChI=1S/C13H18N2OS/c1-11(10-16)14-8-12-4-2-6-15(12)9-13-5-3-7-17-13/h2-7,11,14,16H,8-10H2,1H3/t11-/m1/s1. The predicted molar refractivity (Wildman–Crippen MR) is 71.2 cm³/mol. The Morgan fingerprint density at radius 3 is 3.00 bits per heavy atom. The van der Waals surface area contributed by atoms with Crippen LogP contribution in [-0.4, -0.2) is 22.3 Å². The van der Waals surface area contributed by atoms with E-state index in [1.807, 2.05) is 6.92 Å². The number of thiophene rings is 1. The number of rotatable bonds is 6. The lowest BCUT2D eigenvalue weighted by atomic mass is 10.3. The highest BCUT2D eigenvalue weighted by Gasteiger charge is 2.04. The molecule has 2 aromatic heterocycles. The third-order valence-electron chi connectivity index (χ3n) is 2.74. The summed E-state index contributed by atoms with van der Waals surface area (Å²) in [4.78, 5) is 1.36. The highest BCUT2D eigenvalue weighted by molar-refractivity contribution is 7.09. The monoisotopic (exact) mass is 250 g/mol. The molecule has 2 aromatic rings. The molecular formula is C13H18N2OS. The van der Waals surface area contributed by atoms with Crippen LogP contribution in [0.25, 0.3) is 0 Å². The topological polar surface area (TPSA) is 37.2 Å². The molecule has 0 spiro atoms. The molecule has 0 amide bonds. The number of nitrogens with one attached hydrogen (secondary N) is 1. The van der Waals surface area contributed by atoms with E-state index in [1.165, 1.54) is 10.6 Å². The molecule has 0 saturated heterocycles. The zero-order valence-corrected chi connectivity index (χ0v) is 10.8. The van der Waals surface area contributed by atoms with Crippen molar-refractivity contribution in [2.75, 3.05) is 6.61 Å². The summed E-state index contributed by atoms with van der Waals surface area (Å²) >= 11 is 1.78. The summed E-state index contributed by atoms with van der Waals surface area (Å²) in [6.07, 6.45) is 2.10. The summed E-state index contributed by atoms with van der Waals surface area (Å²) < 4.78 is 2.24. The van der Waals surface area contributed by atoms with E-state index in [9.17, 15) is 0 Å². The van der Waals surface area contributed by atoms with E-state index in [1.54, 1.807) is 11.3 Å². The second-order valence-corrected chi connectivity index (χ2v) is 5.20. The van der Waals surface area contributed by atoms with E-state index in [0.29, 0.717) is 0 Å². The molecule has 0 radical (unpaired) electrons. The average Bonchev–Trinajstić information content (AvgIpc) is 2.98. The molecule has 2 heterocycles. The molecule has 2 rings (SSSR count). The first-order chi connectivity index (χ1) is 8.29. The molecule has 17 heavy (non-hydrogen) atoms. The molecule has 0 fully saturated rings. The van der Waals surface area contributed by atoms with Crippen molar-refractivity contribution >= 4 is 11.3 Å². The molecule has 0 saturated carbocycles. The summed E-state index contributed by atoms with van der Waals surface area (Å²) in [6.45, 7) is 3.87. The highest BCUT2D eigenvalue weighted by atomic mass is 32.1. The molecule has 3 nitrogen and oxygen atoms in total. The van der Waals surface area contributed by atoms with E-state index in [4.69, 9.17) is 5.11 Å². The number of hydrogen-bond donors (Lipinski definition) is 2. The van der Waals surface area contributed by atoms with E-state index < -0.39 is 0 Å². The second-order valence-electron chi connectivity index (χ2n) is 4.17. The molecule has 0 aliphatic rings. The Hall–Kier alpha value is -1.10. The summed E-state index contributed by atoms with van der Waals surface area (Å²) in [5, 5.41) is 14.4. The Labute approximate surface area is 106 Å². The van der Waals surface area contributed by atoms with Gasteiger partial charge in [-0.15, -0.1) is 11.3 Å². The van der Waals surface area contributed by atoms with Gasteiger partial charge in [0.05, 0.1) is 13.2 Å². The minimum Gasteiger partial charge on any atom is -0.395 e. The third kappa shape index (κ3) is 3.43. The van der Waals surface area contributed by atoms with Gasteiger partial charge in [0, 0.05) is 29.4 Å². The SMILES string of the molecule is C[C@H](CO)NCc1cccn1Cc1cccs1. The van der Waals surface area contributed by atoms with Gasteiger partial charge in [0.1, 0.15) is 0 Å². The number of aliphatic hydroxyl groups excluding tert-OH is 1. The van der Waals surface area contributed by atoms with E-state index >= 15 is 0 Å². The average molecular weight is 250 g/mol. The number of nitrogens with zero attached hydrogens (tertiary/aromatic N) is 1. The van der Waals surface area contributed by atoms with Crippen molar-refractivity contribution in [2.45, 2.75) is 26.1 Å². The van der Waals surface area contributed by atoms with Gasteiger partial charge in [-0.2, -0.15) is 0 Å². The molecule has 0 aliphatic heterocycles. The zero-order valence-electron chi connectivity index (χ0n) is 9.97. The molecule has 0 unspecified atom stereocenters. The highest BCUT2D eigenvalue weighted by Crippen LogP contribution is 2.13. The van der Waals surface area contributed by atoms with Gasteiger partial charge in [0.25, 0.3) is 0 Å². The molecule has 0 aliphatic carbocycles. The molecule has 0 aromatic carbocycles. The van der Waals surface area contributed by atoms with Crippen LogP contribution in [0.5, 0.6) is 0 Å². The maximum Gasteiger partial charge on any atom is 0.0582 e. The first-order valence-corrected chi connectivity index (χ1v) is 6.68. The van der Waals surface area contributed by atoms with Crippen LogP contribution in [0.1, 0.15) is 17.5 Å². The van der Waals surface area contributed by atoms with Crippen molar-refractivity contribution < 1.29 is 5.11 Å². The van der Waals surface area contributed by atoms with Gasteiger partial charge >= 0.3 is 0 Å². The molecule has 0 bridgehead atoms. The smallest absolute Gasteiger partial charge is 0.0582 e. The summed E-state index contributed by atoms with van der Waals surface area (Å²) in [5.41, 5.74) is 1.25. The number of hydrogen-bond acceptors (Lipinski definition) is 3. The van der Waals surface area contributed by atoms with Crippen LogP contribution < -0.4 is 5.32 Å². The van der Waals surface area contributed by atoms with Crippen molar-refractivity contribution in [1.29, 1.82) is 0 Å². The summed E-state index contributed by atoms with van der Waals surface area (Å²) in [7, 11) is 0. The molecule has 1 atom stereocenters. The van der Waals surface area contributed by atoms with Crippen molar-refractivity contribution in [2.24, 2.45) is 0 Å². The fourth-order valence-corrected chi connectivity index (χ4v) is 2.38. The third-order valence-corrected chi connectivity index (χ3v) is 3.60. The lowest BCUT2D eigenvalue weighted by molar-refractivity contribution is 0.250. The van der Waals surface area contributed by atoms with Crippen LogP contribution >= 0.6 is 11.3 Å². The first kappa shape index (κ1) is 12.4. The van der Waals surface area contributed by atoms with Crippen LogP contribution in [0.2, 0.25) is 0 Å². The predicted octanol–water partition coefficient (Wildman–Crippen LogP) is 2.07. The van der Waals surface area contributed by atoms with Gasteiger partial charge < -0.3 is 15.0 Å². The van der Waals surface area contributed by atoms with Gasteiger partial charge in [0.15, 0.2) is 0 Å². The Morgan fingerprint density at radius 1 is 1.41 bits per heavy atom. The fraction of sp³-hybridized carbons (Fsp3) is 0.385. The molecule has 92 valence electrons. The normalized spacial score (nSPS) is 12.8. The maximum absolute atomic E-state index is 8.97. The van der Waals surface area contributed by atoms with Gasteiger partial charge in [-0.1, -0.05) is 6.07 Å². The quantitative estimate of drug-likeness (QED) is 0.823. The minimum absolute atomic E-state index is 0.139. The lowest BCUT2D eigenvalue weighted by Crippen LogP contribution is -2.29.